The summed E-state index contributed by atoms with van der Waals surface area (Å²) in [5.41, 5.74) is 7.14. The first-order chi connectivity index (χ1) is 7.99. The van der Waals surface area contributed by atoms with Gasteiger partial charge in [-0.15, -0.1) is 0 Å². The van der Waals surface area contributed by atoms with E-state index < -0.39 is 10.0 Å². The lowest BCUT2D eigenvalue weighted by Crippen LogP contribution is -2.30. The number of hydrogen-bond acceptors (Lipinski definition) is 4. The van der Waals surface area contributed by atoms with Gasteiger partial charge in [0.05, 0.1) is 12.4 Å². The number of aliphatic hydroxyl groups excluding tert-OH is 1. The molecule has 1 aromatic rings. The van der Waals surface area contributed by atoms with Crippen molar-refractivity contribution >= 4 is 10.0 Å². The van der Waals surface area contributed by atoms with E-state index in [0.29, 0.717) is 12.1 Å². The van der Waals surface area contributed by atoms with Gasteiger partial charge in [-0.3, -0.25) is 0 Å². The Morgan fingerprint density at radius 3 is 2.24 bits per heavy atom. The summed E-state index contributed by atoms with van der Waals surface area (Å²) in [6.45, 7) is 0.377. The van der Waals surface area contributed by atoms with Gasteiger partial charge in [-0.1, -0.05) is 24.3 Å². The Labute approximate surface area is 102 Å². The number of benzene rings is 1. The first-order valence-corrected chi connectivity index (χ1v) is 6.93. The van der Waals surface area contributed by atoms with Gasteiger partial charge in [0.25, 0.3) is 0 Å². The van der Waals surface area contributed by atoms with Crippen LogP contribution in [0.1, 0.15) is 11.1 Å². The van der Waals surface area contributed by atoms with Crippen molar-refractivity contribution in [2.75, 3.05) is 20.2 Å². The summed E-state index contributed by atoms with van der Waals surface area (Å²) >= 11 is 0. The maximum atomic E-state index is 11.8. The van der Waals surface area contributed by atoms with Crippen molar-refractivity contribution in [2.24, 2.45) is 5.73 Å². The van der Waals surface area contributed by atoms with Gasteiger partial charge in [-0.2, -0.15) is 0 Å². The monoisotopic (exact) mass is 258 g/mol. The largest absolute Gasteiger partial charge is 0.395 e. The molecule has 0 bridgehead atoms. The molecule has 0 aromatic heterocycles. The number of nitrogens with zero attached hydrogens (tertiary/aromatic N) is 1. The molecule has 0 fully saturated rings. The van der Waals surface area contributed by atoms with Gasteiger partial charge >= 0.3 is 0 Å². The molecule has 0 radical (unpaired) electrons. The van der Waals surface area contributed by atoms with Crippen LogP contribution in [0, 0.1) is 0 Å². The van der Waals surface area contributed by atoms with Crippen molar-refractivity contribution in [1.29, 1.82) is 0 Å². The second kappa shape index (κ2) is 6.11. The van der Waals surface area contributed by atoms with E-state index in [0.717, 1.165) is 9.87 Å². The smallest absolute Gasteiger partial charge is 0.218 e. The summed E-state index contributed by atoms with van der Waals surface area (Å²) in [5.74, 6) is -0.0612. The van der Waals surface area contributed by atoms with E-state index in [1.807, 2.05) is 12.1 Å². The molecule has 96 valence electrons. The third-order valence-corrected chi connectivity index (χ3v) is 4.33. The Hall–Kier alpha value is -0.950. The van der Waals surface area contributed by atoms with Crippen molar-refractivity contribution < 1.29 is 13.5 Å². The van der Waals surface area contributed by atoms with E-state index in [2.05, 4.69) is 0 Å². The number of aliphatic hydroxyl groups is 1. The van der Waals surface area contributed by atoms with Gasteiger partial charge in [0.2, 0.25) is 10.0 Å². The van der Waals surface area contributed by atoms with Gasteiger partial charge in [0.15, 0.2) is 0 Å². The van der Waals surface area contributed by atoms with Crippen molar-refractivity contribution in [3.8, 4) is 0 Å². The molecule has 0 saturated carbocycles. The number of hydrogen-bond donors (Lipinski definition) is 2. The molecule has 0 aliphatic heterocycles. The second-order valence-corrected chi connectivity index (χ2v) is 5.90. The van der Waals surface area contributed by atoms with Gasteiger partial charge in [0, 0.05) is 20.1 Å². The Balaban J connectivity index is 2.75. The first kappa shape index (κ1) is 14.1. The van der Waals surface area contributed by atoms with Gasteiger partial charge in [0.1, 0.15) is 0 Å². The van der Waals surface area contributed by atoms with Crippen LogP contribution in [0.25, 0.3) is 0 Å². The molecule has 5 nitrogen and oxygen atoms in total. The van der Waals surface area contributed by atoms with E-state index in [9.17, 15) is 8.42 Å². The highest BCUT2D eigenvalue weighted by Gasteiger charge is 2.17. The molecule has 0 aliphatic carbocycles. The fraction of sp³-hybridized carbons (Fsp3) is 0.455. The highest BCUT2D eigenvalue weighted by molar-refractivity contribution is 7.88. The van der Waals surface area contributed by atoms with Crippen molar-refractivity contribution in [3.63, 3.8) is 0 Å². The Bertz CT molecular complexity index is 442. The predicted octanol–water partition coefficient (Wildman–Crippen LogP) is -0.101. The lowest BCUT2D eigenvalue weighted by molar-refractivity contribution is 0.266. The zero-order valence-electron chi connectivity index (χ0n) is 9.83. The van der Waals surface area contributed by atoms with Gasteiger partial charge in [-0.05, 0) is 11.1 Å². The van der Waals surface area contributed by atoms with Gasteiger partial charge in [-0.25, -0.2) is 12.7 Å². The third kappa shape index (κ3) is 4.08. The average Bonchev–Trinajstić information content (AvgIpc) is 2.30. The molecule has 0 heterocycles. The maximum Gasteiger partial charge on any atom is 0.218 e. The summed E-state index contributed by atoms with van der Waals surface area (Å²) < 4.78 is 24.8. The van der Waals surface area contributed by atoms with Crippen LogP contribution >= 0.6 is 0 Å². The highest BCUT2D eigenvalue weighted by Crippen LogP contribution is 2.10. The summed E-state index contributed by atoms with van der Waals surface area (Å²) in [7, 11) is -1.89. The molecule has 1 aromatic carbocycles. The van der Waals surface area contributed by atoms with Crippen molar-refractivity contribution in [3.05, 3.63) is 35.4 Å². The minimum Gasteiger partial charge on any atom is -0.395 e. The van der Waals surface area contributed by atoms with E-state index in [-0.39, 0.29) is 18.9 Å². The average molecular weight is 258 g/mol. The minimum atomic E-state index is -3.35. The fourth-order valence-corrected chi connectivity index (χ4v) is 2.57. The quantitative estimate of drug-likeness (QED) is 0.746. The van der Waals surface area contributed by atoms with Crippen molar-refractivity contribution in [1.82, 2.24) is 4.31 Å². The maximum absolute atomic E-state index is 11.8. The molecule has 0 saturated heterocycles. The lowest BCUT2D eigenvalue weighted by atomic mass is 10.1. The fourth-order valence-electron chi connectivity index (χ4n) is 1.37. The lowest BCUT2D eigenvalue weighted by Gasteiger charge is -2.15. The Morgan fingerprint density at radius 1 is 1.24 bits per heavy atom. The first-order valence-electron chi connectivity index (χ1n) is 5.32. The zero-order valence-corrected chi connectivity index (χ0v) is 10.7. The molecular weight excluding hydrogens is 240 g/mol. The molecule has 3 N–H and O–H groups in total. The van der Waals surface area contributed by atoms with Crippen LogP contribution < -0.4 is 5.73 Å². The van der Waals surface area contributed by atoms with Crippen LogP contribution in [0.15, 0.2) is 24.3 Å². The summed E-state index contributed by atoms with van der Waals surface area (Å²) in [6, 6.07) is 7.15. The predicted molar refractivity (Wildman–Crippen MR) is 66.7 cm³/mol. The molecule has 1 rings (SSSR count). The van der Waals surface area contributed by atoms with E-state index in [1.54, 1.807) is 12.1 Å². The Kier molecular flexibility index (Phi) is 5.07. The van der Waals surface area contributed by atoms with Gasteiger partial charge < -0.3 is 10.8 Å². The SMILES string of the molecule is CN(CCO)S(=O)(=O)Cc1ccc(CN)cc1. The van der Waals surface area contributed by atoms with E-state index >= 15 is 0 Å². The van der Waals surface area contributed by atoms with E-state index in [1.165, 1.54) is 7.05 Å². The summed E-state index contributed by atoms with van der Waals surface area (Å²) in [4.78, 5) is 0. The molecule has 6 heteroatoms. The summed E-state index contributed by atoms with van der Waals surface area (Å²) in [5, 5.41) is 8.71. The molecule has 17 heavy (non-hydrogen) atoms. The van der Waals surface area contributed by atoms with Crippen LogP contribution in [0.2, 0.25) is 0 Å². The Morgan fingerprint density at radius 2 is 1.76 bits per heavy atom. The van der Waals surface area contributed by atoms with Crippen LogP contribution in [-0.2, 0) is 22.3 Å². The van der Waals surface area contributed by atoms with Crippen LogP contribution in [-0.4, -0.2) is 38.0 Å². The van der Waals surface area contributed by atoms with Crippen molar-refractivity contribution in [2.45, 2.75) is 12.3 Å². The molecule has 0 aliphatic rings. The number of sulfonamides is 1. The molecule has 0 atom stereocenters. The molecule has 0 spiro atoms. The standard InChI is InChI=1S/C11H18N2O3S/c1-13(6-7-14)17(15,16)9-11-4-2-10(8-12)3-5-11/h2-5,14H,6-9,12H2,1H3. The molecule has 0 unspecified atom stereocenters. The second-order valence-electron chi connectivity index (χ2n) is 3.82. The van der Waals surface area contributed by atoms with Crippen LogP contribution in [0.5, 0.6) is 0 Å². The number of likely N-dealkylation sites (N-methyl/N-ethyl adjacent to an activating group) is 1. The summed E-state index contributed by atoms with van der Waals surface area (Å²) in [6.07, 6.45) is 0. The van der Waals surface area contributed by atoms with E-state index in [4.69, 9.17) is 10.8 Å². The number of rotatable bonds is 6. The zero-order chi connectivity index (χ0) is 12.9. The van der Waals surface area contributed by atoms with Crippen LogP contribution in [0.3, 0.4) is 0 Å². The molecule has 0 amide bonds. The highest BCUT2D eigenvalue weighted by atomic mass is 32.2. The normalized spacial score (nSPS) is 12.0. The third-order valence-electron chi connectivity index (χ3n) is 2.50. The minimum absolute atomic E-state index is 0.0612. The molecular formula is C11H18N2O3S. The van der Waals surface area contributed by atoms with Crippen LogP contribution in [0.4, 0.5) is 0 Å². The number of nitrogens with two attached hydrogens (primary N) is 1. The topological polar surface area (TPSA) is 83.6 Å².